The summed E-state index contributed by atoms with van der Waals surface area (Å²) in [6, 6.07) is 13.6. The highest BCUT2D eigenvalue weighted by molar-refractivity contribution is 8.19. The van der Waals surface area contributed by atoms with E-state index in [2.05, 4.69) is 0 Å². The summed E-state index contributed by atoms with van der Waals surface area (Å²) >= 11 is 13.2. The Kier molecular flexibility index (Phi) is 5.02. The predicted molar refractivity (Wildman–Crippen MR) is 109 cm³/mol. The zero-order chi connectivity index (χ0) is 19.8. The molecule has 0 spiro atoms. The van der Waals surface area contributed by atoms with Gasteiger partial charge in [0.2, 0.25) is 0 Å². The molecule has 0 N–H and O–H groups in total. The molecule has 1 aliphatic rings. The molecule has 0 bridgehead atoms. The molecule has 0 radical (unpaired) electrons. The fourth-order valence-electron chi connectivity index (χ4n) is 2.71. The van der Waals surface area contributed by atoms with E-state index in [0.29, 0.717) is 32.8 Å². The first-order valence-electron chi connectivity index (χ1n) is 8.02. The zero-order valence-electron chi connectivity index (χ0n) is 14.0. The number of hydrogen-bond acceptors (Lipinski definition) is 4. The number of benzene rings is 2. The summed E-state index contributed by atoms with van der Waals surface area (Å²) in [5, 5.41) is 0.402. The monoisotopic (exact) mass is 433 g/mol. The topological polar surface area (TPSA) is 50.5 Å². The van der Waals surface area contributed by atoms with Crippen LogP contribution in [0.4, 0.5) is 14.9 Å². The predicted octanol–water partition coefficient (Wildman–Crippen LogP) is 6.63. The van der Waals surface area contributed by atoms with E-state index in [1.54, 1.807) is 30.3 Å². The van der Waals surface area contributed by atoms with Crippen molar-refractivity contribution in [3.63, 3.8) is 0 Å². The van der Waals surface area contributed by atoms with E-state index in [1.165, 1.54) is 30.3 Å². The molecule has 2 heterocycles. The second-order valence-corrected chi connectivity index (χ2v) is 7.60. The molecule has 0 aliphatic carbocycles. The van der Waals surface area contributed by atoms with Crippen molar-refractivity contribution in [3.8, 4) is 11.3 Å². The lowest BCUT2D eigenvalue weighted by atomic mass is 10.2. The van der Waals surface area contributed by atoms with Crippen molar-refractivity contribution in [1.29, 1.82) is 0 Å². The SMILES string of the molecule is O=C1S/C(=C/c2ccc(-c3c(Cl)cccc3Cl)o2)C(=O)N1c1ccc(F)cc1. The normalized spacial score (nSPS) is 15.7. The zero-order valence-corrected chi connectivity index (χ0v) is 16.3. The molecule has 0 unspecified atom stereocenters. The molecule has 2 amide bonds. The van der Waals surface area contributed by atoms with Gasteiger partial charge in [-0.3, -0.25) is 9.59 Å². The smallest absolute Gasteiger partial charge is 0.298 e. The highest BCUT2D eigenvalue weighted by Gasteiger charge is 2.36. The Morgan fingerprint density at radius 1 is 0.964 bits per heavy atom. The first-order chi connectivity index (χ1) is 13.4. The molecule has 1 aromatic heterocycles. The third-order valence-electron chi connectivity index (χ3n) is 3.99. The van der Waals surface area contributed by atoms with Crippen LogP contribution in [-0.2, 0) is 4.79 Å². The Morgan fingerprint density at radius 3 is 2.32 bits per heavy atom. The molecule has 1 fully saturated rings. The number of carbonyl (C=O) groups excluding carboxylic acids is 2. The second-order valence-electron chi connectivity index (χ2n) is 5.79. The number of halogens is 3. The number of thioether (sulfide) groups is 1. The Balaban J connectivity index is 1.64. The van der Waals surface area contributed by atoms with Crippen molar-refractivity contribution in [1.82, 2.24) is 0 Å². The Morgan fingerprint density at radius 2 is 1.64 bits per heavy atom. The molecule has 4 nitrogen and oxygen atoms in total. The van der Waals surface area contributed by atoms with E-state index in [0.717, 1.165) is 16.7 Å². The van der Waals surface area contributed by atoms with E-state index in [1.807, 2.05) is 0 Å². The van der Waals surface area contributed by atoms with Crippen LogP contribution < -0.4 is 4.90 Å². The van der Waals surface area contributed by atoms with E-state index in [4.69, 9.17) is 27.6 Å². The third kappa shape index (κ3) is 3.46. The molecule has 28 heavy (non-hydrogen) atoms. The average Bonchev–Trinajstić information content (AvgIpc) is 3.21. The van der Waals surface area contributed by atoms with Crippen molar-refractivity contribution in [3.05, 3.63) is 81.1 Å². The van der Waals surface area contributed by atoms with Crippen LogP contribution in [0, 0.1) is 5.82 Å². The van der Waals surface area contributed by atoms with Crippen LogP contribution in [0.3, 0.4) is 0 Å². The molecule has 4 rings (SSSR count). The van der Waals surface area contributed by atoms with Gasteiger partial charge in [-0.2, -0.15) is 0 Å². The highest BCUT2D eigenvalue weighted by atomic mass is 35.5. The van der Waals surface area contributed by atoms with Crippen LogP contribution in [0.1, 0.15) is 5.76 Å². The van der Waals surface area contributed by atoms with Crippen molar-refractivity contribution < 1.29 is 18.4 Å². The van der Waals surface area contributed by atoms with Gasteiger partial charge < -0.3 is 4.42 Å². The number of rotatable bonds is 3. The summed E-state index contributed by atoms with van der Waals surface area (Å²) in [7, 11) is 0. The number of nitrogens with zero attached hydrogens (tertiary/aromatic N) is 1. The third-order valence-corrected chi connectivity index (χ3v) is 5.49. The van der Waals surface area contributed by atoms with Gasteiger partial charge in [-0.15, -0.1) is 0 Å². The number of anilines is 1. The summed E-state index contributed by atoms with van der Waals surface area (Å²) in [6.07, 6.45) is 1.47. The minimum Gasteiger partial charge on any atom is -0.457 e. The van der Waals surface area contributed by atoms with Crippen molar-refractivity contribution >= 4 is 57.9 Å². The number of carbonyl (C=O) groups is 2. The minimum absolute atomic E-state index is 0.195. The summed E-state index contributed by atoms with van der Waals surface area (Å²) in [5.41, 5.74) is 0.847. The van der Waals surface area contributed by atoms with Crippen LogP contribution in [0.5, 0.6) is 0 Å². The molecular formula is C20H10Cl2FNO3S. The Labute approximate surface area is 173 Å². The van der Waals surface area contributed by atoms with Gasteiger partial charge in [0.25, 0.3) is 11.1 Å². The van der Waals surface area contributed by atoms with Crippen LogP contribution in [0.25, 0.3) is 17.4 Å². The van der Waals surface area contributed by atoms with Gasteiger partial charge in [0.05, 0.1) is 26.2 Å². The number of furan rings is 1. The maximum Gasteiger partial charge on any atom is 0.298 e. The molecule has 3 aromatic rings. The van der Waals surface area contributed by atoms with Crippen molar-refractivity contribution in [2.75, 3.05) is 4.90 Å². The molecule has 8 heteroatoms. The highest BCUT2D eigenvalue weighted by Crippen LogP contribution is 2.38. The van der Waals surface area contributed by atoms with Crippen LogP contribution >= 0.6 is 35.0 Å². The Bertz CT molecular complexity index is 1100. The van der Waals surface area contributed by atoms with E-state index in [9.17, 15) is 14.0 Å². The van der Waals surface area contributed by atoms with Crippen molar-refractivity contribution in [2.45, 2.75) is 0 Å². The van der Waals surface area contributed by atoms with Gasteiger partial charge in [0.1, 0.15) is 17.3 Å². The first kappa shape index (κ1) is 18.8. The molecule has 1 aliphatic heterocycles. The van der Waals surface area contributed by atoms with E-state index in [-0.39, 0.29) is 4.91 Å². The quantitative estimate of drug-likeness (QED) is 0.434. The van der Waals surface area contributed by atoms with Gasteiger partial charge >= 0.3 is 0 Å². The van der Waals surface area contributed by atoms with Gasteiger partial charge in [-0.25, -0.2) is 9.29 Å². The summed E-state index contributed by atoms with van der Waals surface area (Å²) in [4.78, 5) is 26.1. The average molecular weight is 434 g/mol. The molecule has 2 aromatic carbocycles. The van der Waals surface area contributed by atoms with Crippen LogP contribution in [0.15, 0.2) is 63.9 Å². The van der Waals surface area contributed by atoms with Gasteiger partial charge in [0, 0.05) is 6.08 Å². The maximum atomic E-state index is 13.1. The lowest BCUT2D eigenvalue weighted by Crippen LogP contribution is -2.27. The molecular weight excluding hydrogens is 424 g/mol. The maximum absolute atomic E-state index is 13.1. The van der Waals surface area contributed by atoms with Crippen LogP contribution in [0.2, 0.25) is 10.0 Å². The first-order valence-corrected chi connectivity index (χ1v) is 9.59. The van der Waals surface area contributed by atoms with Gasteiger partial charge in [0.15, 0.2) is 0 Å². The fourth-order valence-corrected chi connectivity index (χ4v) is 4.11. The second kappa shape index (κ2) is 7.47. The lowest BCUT2D eigenvalue weighted by molar-refractivity contribution is -0.113. The lowest BCUT2D eigenvalue weighted by Gasteiger charge is -2.11. The van der Waals surface area contributed by atoms with E-state index < -0.39 is 17.0 Å². The number of imide groups is 1. The standard InChI is InChI=1S/C20H10Cl2FNO3S/c21-14-2-1-3-15(22)18(14)16-9-8-13(27-16)10-17-19(25)24(20(26)28-17)12-6-4-11(23)5-7-12/h1-10H/b17-10+. The number of amides is 2. The van der Waals surface area contributed by atoms with Crippen LogP contribution in [-0.4, -0.2) is 11.1 Å². The van der Waals surface area contributed by atoms with E-state index >= 15 is 0 Å². The number of hydrogen-bond donors (Lipinski definition) is 0. The van der Waals surface area contributed by atoms with Gasteiger partial charge in [-0.1, -0.05) is 29.3 Å². The molecule has 0 saturated carbocycles. The van der Waals surface area contributed by atoms with Gasteiger partial charge in [-0.05, 0) is 60.3 Å². The summed E-state index contributed by atoms with van der Waals surface area (Å²) in [5.74, 6) is -0.141. The summed E-state index contributed by atoms with van der Waals surface area (Å²) < 4.78 is 18.8. The molecule has 1 saturated heterocycles. The molecule has 140 valence electrons. The Hall–Kier alpha value is -2.54. The van der Waals surface area contributed by atoms with Crippen molar-refractivity contribution in [2.24, 2.45) is 0 Å². The largest absolute Gasteiger partial charge is 0.457 e. The molecule has 0 atom stereocenters. The minimum atomic E-state index is -0.504. The summed E-state index contributed by atoms with van der Waals surface area (Å²) in [6.45, 7) is 0. The fraction of sp³-hybridized carbons (Fsp3) is 0.